The molecule has 0 saturated heterocycles. The van der Waals surface area contributed by atoms with Crippen LogP contribution in [0.5, 0.6) is 0 Å². The first kappa shape index (κ1) is 8.99. The highest BCUT2D eigenvalue weighted by Crippen LogP contribution is 2.24. The lowest BCUT2D eigenvalue weighted by molar-refractivity contribution is -0.171. The topological polar surface area (TPSA) is 66.8 Å². The van der Waals surface area contributed by atoms with E-state index in [9.17, 15) is 9.59 Å². The van der Waals surface area contributed by atoms with Crippen molar-refractivity contribution in [3.8, 4) is 0 Å². The van der Waals surface area contributed by atoms with Crippen molar-refractivity contribution >= 4 is 12.4 Å². The molecule has 5 heteroatoms. The first-order valence-corrected chi connectivity index (χ1v) is 3.84. The van der Waals surface area contributed by atoms with Gasteiger partial charge in [0.15, 0.2) is 0 Å². The van der Waals surface area contributed by atoms with Gasteiger partial charge in [-0.15, -0.1) is 0 Å². The van der Waals surface area contributed by atoms with Crippen LogP contribution in [0.3, 0.4) is 0 Å². The Morgan fingerprint density at radius 2 is 2.33 bits per heavy atom. The number of rotatable bonds is 4. The lowest BCUT2D eigenvalue weighted by atomic mass is 9.93. The number of hydrogen-bond acceptors (Lipinski definition) is 3. The summed E-state index contributed by atoms with van der Waals surface area (Å²) < 4.78 is 0. The molecule has 0 unspecified atom stereocenters. The fourth-order valence-corrected chi connectivity index (χ4v) is 1.05. The van der Waals surface area contributed by atoms with Gasteiger partial charge >= 0.3 is 6.09 Å². The fourth-order valence-electron chi connectivity index (χ4n) is 1.05. The minimum absolute atomic E-state index is 0.0533. The van der Waals surface area contributed by atoms with Gasteiger partial charge in [-0.25, -0.2) is 4.79 Å². The maximum Gasteiger partial charge on any atom is 0.431 e. The quantitative estimate of drug-likeness (QED) is 0.500. The molecule has 0 aliphatic heterocycles. The van der Waals surface area contributed by atoms with E-state index in [2.05, 4.69) is 0 Å². The molecule has 0 aromatic rings. The molecule has 0 aromatic carbocycles. The summed E-state index contributed by atoms with van der Waals surface area (Å²) in [6.07, 6.45) is 2.09. The van der Waals surface area contributed by atoms with Gasteiger partial charge in [0.05, 0.1) is 6.04 Å². The van der Waals surface area contributed by atoms with Crippen LogP contribution in [0.1, 0.15) is 19.3 Å². The van der Waals surface area contributed by atoms with Crippen LogP contribution in [0.2, 0.25) is 0 Å². The van der Waals surface area contributed by atoms with Crippen LogP contribution in [0.15, 0.2) is 0 Å². The summed E-state index contributed by atoms with van der Waals surface area (Å²) in [5.74, 6) is 0. The van der Waals surface area contributed by atoms with E-state index in [0.717, 1.165) is 24.3 Å². The van der Waals surface area contributed by atoms with E-state index >= 15 is 0 Å². The first-order chi connectivity index (χ1) is 5.75. The molecule has 0 aromatic heterocycles. The lowest BCUT2D eigenvalue weighted by Crippen LogP contribution is -2.43. The predicted octanol–water partition coefficient (Wildman–Crippen LogP) is 0.649. The van der Waals surface area contributed by atoms with Gasteiger partial charge in [-0.3, -0.25) is 4.84 Å². The van der Waals surface area contributed by atoms with Crippen molar-refractivity contribution in [2.45, 2.75) is 25.3 Å². The second-order valence-electron chi connectivity index (χ2n) is 2.66. The Labute approximate surface area is 69.9 Å². The Hall–Kier alpha value is -1.10. The number of hydroxylamine groups is 2. The summed E-state index contributed by atoms with van der Waals surface area (Å²) in [5.41, 5.74) is 0. The average molecular weight is 173 g/mol. The molecule has 1 aliphatic carbocycles. The number of hydrogen-bond donors (Lipinski definition) is 1. The van der Waals surface area contributed by atoms with Crippen molar-refractivity contribution in [1.82, 2.24) is 5.06 Å². The maximum absolute atomic E-state index is 10.5. The van der Waals surface area contributed by atoms with Crippen molar-refractivity contribution < 1.29 is 19.5 Å². The predicted molar refractivity (Wildman–Crippen MR) is 39.5 cm³/mol. The third kappa shape index (κ3) is 1.94. The summed E-state index contributed by atoms with van der Waals surface area (Å²) in [6.45, 7) is -0.192. The highest BCUT2D eigenvalue weighted by atomic mass is 16.7. The number of aldehydes is 1. The molecule has 5 nitrogen and oxygen atoms in total. The van der Waals surface area contributed by atoms with Crippen molar-refractivity contribution in [1.29, 1.82) is 0 Å². The molecule has 1 amide bonds. The smallest absolute Gasteiger partial charge is 0.431 e. The van der Waals surface area contributed by atoms with Crippen LogP contribution >= 0.6 is 0 Å². The zero-order valence-corrected chi connectivity index (χ0v) is 6.60. The molecule has 1 rings (SSSR count). The monoisotopic (exact) mass is 173 g/mol. The SMILES string of the molecule is O=CCON(C(=O)O)C1CCC1. The van der Waals surface area contributed by atoms with E-state index in [1.54, 1.807) is 0 Å². The molecule has 1 aliphatic rings. The summed E-state index contributed by atoms with van der Waals surface area (Å²) in [6, 6.07) is -0.0533. The number of carbonyl (C=O) groups is 2. The van der Waals surface area contributed by atoms with E-state index in [1.165, 1.54) is 0 Å². The van der Waals surface area contributed by atoms with Gasteiger partial charge in [-0.05, 0) is 19.3 Å². The molecule has 0 radical (unpaired) electrons. The van der Waals surface area contributed by atoms with Crippen LogP contribution in [0.25, 0.3) is 0 Å². The van der Waals surface area contributed by atoms with Gasteiger partial charge in [0.25, 0.3) is 0 Å². The summed E-state index contributed by atoms with van der Waals surface area (Å²) >= 11 is 0. The Kier molecular flexibility index (Phi) is 3.04. The molecular formula is C7H11NO4. The van der Waals surface area contributed by atoms with Crippen LogP contribution in [0, 0.1) is 0 Å². The van der Waals surface area contributed by atoms with Gasteiger partial charge in [-0.1, -0.05) is 0 Å². The standard InChI is InChI=1S/C7H11NO4/c9-4-5-12-8(7(10)11)6-2-1-3-6/h4,6H,1-3,5H2,(H,10,11). The Morgan fingerprint density at radius 3 is 2.67 bits per heavy atom. The molecule has 1 fully saturated rings. The van der Waals surface area contributed by atoms with E-state index in [1.807, 2.05) is 0 Å². The minimum Gasteiger partial charge on any atom is -0.463 e. The van der Waals surface area contributed by atoms with E-state index in [4.69, 9.17) is 9.94 Å². The number of amides is 1. The van der Waals surface area contributed by atoms with Gasteiger partial charge in [0, 0.05) is 0 Å². The average Bonchev–Trinajstić information content (AvgIpc) is 1.93. The minimum atomic E-state index is -1.12. The molecule has 0 heterocycles. The summed E-state index contributed by atoms with van der Waals surface area (Å²) in [4.78, 5) is 25.2. The van der Waals surface area contributed by atoms with Gasteiger partial charge in [0.2, 0.25) is 0 Å². The fraction of sp³-hybridized carbons (Fsp3) is 0.714. The molecule has 0 bridgehead atoms. The normalized spacial score (nSPS) is 16.7. The Morgan fingerprint density at radius 1 is 1.67 bits per heavy atom. The van der Waals surface area contributed by atoms with Gasteiger partial charge < -0.3 is 9.90 Å². The van der Waals surface area contributed by atoms with E-state index in [-0.39, 0.29) is 12.6 Å². The molecule has 68 valence electrons. The molecule has 12 heavy (non-hydrogen) atoms. The second kappa shape index (κ2) is 4.06. The third-order valence-electron chi connectivity index (χ3n) is 1.88. The first-order valence-electron chi connectivity index (χ1n) is 3.84. The van der Waals surface area contributed by atoms with E-state index < -0.39 is 6.09 Å². The van der Waals surface area contributed by atoms with Crippen molar-refractivity contribution in [2.75, 3.05) is 6.61 Å². The van der Waals surface area contributed by atoms with Crippen LogP contribution in [-0.4, -0.2) is 35.2 Å². The van der Waals surface area contributed by atoms with Crippen LogP contribution in [-0.2, 0) is 9.63 Å². The highest BCUT2D eigenvalue weighted by Gasteiger charge is 2.29. The van der Waals surface area contributed by atoms with Gasteiger partial charge in [0.1, 0.15) is 12.9 Å². The van der Waals surface area contributed by atoms with Crippen LogP contribution < -0.4 is 0 Å². The van der Waals surface area contributed by atoms with E-state index in [0.29, 0.717) is 6.29 Å². The molecule has 0 atom stereocenters. The zero-order chi connectivity index (χ0) is 8.97. The summed E-state index contributed by atoms with van der Waals surface area (Å²) in [5, 5.41) is 9.49. The molecule has 0 spiro atoms. The Bertz CT molecular complexity index is 178. The second-order valence-corrected chi connectivity index (χ2v) is 2.66. The van der Waals surface area contributed by atoms with Gasteiger partial charge in [-0.2, -0.15) is 5.06 Å². The third-order valence-corrected chi connectivity index (χ3v) is 1.88. The lowest BCUT2D eigenvalue weighted by Gasteiger charge is -2.33. The zero-order valence-electron chi connectivity index (χ0n) is 6.60. The molecular weight excluding hydrogens is 162 g/mol. The highest BCUT2D eigenvalue weighted by molar-refractivity contribution is 5.64. The van der Waals surface area contributed by atoms with Crippen LogP contribution in [0.4, 0.5) is 4.79 Å². The van der Waals surface area contributed by atoms with Crippen molar-refractivity contribution in [3.05, 3.63) is 0 Å². The number of carbonyl (C=O) groups excluding carboxylic acids is 1. The molecule has 1 saturated carbocycles. The number of nitrogens with zero attached hydrogens (tertiary/aromatic N) is 1. The van der Waals surface area contributed by atoms with Crippen molar-refractivity contribution in [3.63, 3.8) is 0 Å². The largest absolute Gasteiger partial charge is 0.463 e. The van der Waals surface area contributed by atoms with Crippen molar-refractivity contribution in [2.24, 2.45) is 0 Å². The number of carboxylic acid groups (broad SMARTS) is 1. The Balaban J connectivity index is 2.36. The molecule has 1 N–H and O–H groups in total. The maximum atomic E-state index is 10.5. The summed E-state index contributed by atoms with van der Waals surface area (Å²) in [7, 11) is 0.